The van der Waals surface area contributed by atoms with Gasteiger partial charge in [0, 0.05) is 12.5 Å². The van der Waals surface area contributed by atoms with Crippen molar-refractivity contribution >= 4 is 5.69 Å². The molecular formula is C14H15N3O3. The van der Waals surface area contributed by atoms with Crippen LogP contribution in [0.3, 0.4) is 0 Å². The lowest BCUT2D eigenvalue weighted by atomic mass is 10.1. The lowest BCUT2D eigenvalue weighted by Crippen LogP contribution is -2.23. The van der Waals surface area contributed by atoms with E-state index in [1.54, 1.807) is 0 Å². The standard InChI is InChI=1S/C14H15N3O3/c1-2-4-11-10(3-1)15-7-12(19-11)14-16-13(17-20-14)9-5-6-18-8-9/h1-4,9,12,15H,5-8H2. The van der Waals surface area contributed by atoms with Crippen molar-refractivity contribution in [1.29, 1.82) is 0 Å². The summed E-state index contributed by atoms with van der Waals surface area (Å²) in [4.78, 5) is 4.47. The first-order chi connectivity index (χ1) is 9.90. The number of para-hydroxylation sites is 2. The van der Waals surface area contributed by atoms with E-state index in [1.165, 1.54) is 0 Å². The van der Waals surface area contributed by atoms with E-state index >= 15 is 0 Å². The Morgan fingerprint density at radius 3 is 3.10 bits per heavy atom. The Bertz CT molecular complexity index is 607. The van der Waals surface area contributed by atoms with E-state index in [9.17, 15) is 0 Å². The number of fused-ring (bicyclic) bond motifs is 1. The second kappa shape index (κ2) is 4.79. The van der Waals surface area contributed by atoms with Crippen LogP contribution < -0.4 is 10.1 Å². The summed E-state index contributed by atoms with van der Waals surface area (Å²) in [6.07, 6.45) is 0.708. The maximum absolute atomic E-state index is 5.90. The van der Waals surface area contributed by atoms with Gasteiger partial charge in [0.25, 0.3) is 5.89 Å². The van der Waals surface area contributed by atoms with E-state index in [1.807, 2.05) is 24.3 Å². The summed E-state index contributed by atoms with van der Waals surface area (Å²) in [6, 6.07) is 7.83. The smallest absolute Gasteiger partial charge is 0.269 e. The van der Waals surface area contributed by atoms with Gasteiger partial charge in [-0.2, -0.15) is 4.98 Å². The minimum Gasteiger partial charge on any atom is -0.477 e. The van der Waals surface area contributed by atoms with Crippen LogP contribution in [0.15, 0.2) is 28.8 Å². The van der Waals surface area contributed by atoms with Crippen LogP contribution >= 0.6 is 0 Å². The van der Waals surface area contributed by atoms with E-state index in [-0.39, 0.29) is 12.0 Å². The molecule has 6 nitrogen and oxygen atoms in total. The number of rotatable bonds is 2. The Morgan fingerprint density at radius 1 is 1.25 bits per heavy atom. The molecule has 2 aromatic rings. The molecule has 6 heteroatoms. The molecular weight excluding hydrogens is 258 g/mol. The van der Waals surface area contributed by atoms with Crippen LogP contribution in [-0.2, 0) is 4.74 Å². The maximum Gasteiger partial charge on any atom is 0.269 e. The van der Waals surface area contributed by atoms with Gasteiger partial charge in [-0.15, -0.1) is 0 Å². The van der Waals surface area contributed by atoms with E-state index in [0.29, 0.717) is 19.0 Å². The first kappa shape index (κ1) is 11.7. The van der Waals surface area contributed by atoms with E-state index in [4.69, 9.17) is 14.0 Å². The molecule has 3 heterocycles. The van der Waals surface area contributed by atoms with Crippen molar-refractivity contribution in [3.8, 4) is 5.75 Å². The Balaban J connectivity index is 1.54. The van der Waals surface area contributed by atoms with Gasteiger partial charge in [-0.3, -0.25) is 0 Å². The summed E-state index contributed by atoms with van der Waals surface area (Å²) in [5.41, 5.74) is 0.993. The second-order valence-corrected chi connectivity index (χ2v) is 5.03. The number of anilines is 1. The topological polar surface area (TPSA) is 69.4 Å². The fraction of sp³-hybridized carbons (Fsp3) is 0.429. The van der Waals surface area contributed by atoms with Crippen LogP contribution in [0.2, 0.25) is 0 Å². The Labute approximate surface area is 116 Å². The highest BCUT2D eigenvalue weighted by molar-refractivity contribution is 5.57. The molecule has 2 aliphatic heterocycles. The molecule has 20 heavy (non-hydrogen) atoms. The minimum absolute atomic E-state index is 0.242. The lowest BCUT2D eigenvalue weighted by Gasteiger charge is -2.24. The summed E-state index contributed by atoms with van der Waals surface area (Å²) in [6.45, 7) is 2.06. The monoisotopic (exact) mass is 273 g/mol. The normalized spacial score (nSPS) is 24.8. The molecule has 1 aromatic carbocycles. The van der Waals surface area contributed by atoms with Gasteiger partial charge >= 0.3 is 0 Å². The summed E-state index contributed by atoms with van der Waals surface area (Å²) in [7, 11) is 0. The first-order valence-electron chi connectivity index (χ1n) is 6.81. The molecule has 0 saturated carbocycles. The summed E-state index contributed by atoms with van der Waals surface area (Å²) < 4.78 is 16.6. The van der Waals surface area contributed by atoms with E-state index < -0.39 is 0 Å². The van der Waals surface area contributed by atoms with Crippen molar-refractivity contribution in [3.63, 3.8) is 0 Å². The third-order valence-electron chi connectivity index (χ3n) is 3.66. The molecule has 0 amide bonds. The van der Waals surface area contributed by atoms with Crippen molar-refractivity contribution in [3.05, 3.63) is 36.0 Å². The number of nitrogens with zero attached hydrogens (tertiary/aromatic N) is 2. The van der Waals surface area contributed by atoms with Crippen LogP contribution in [0.25, 0.3) is 0 Å². The van der Waals surface area contributed by atoms with Crippen molar-refractivity contribution < 1.29 is 14.0 Å². The molecule has 2 atom stereocenters. The average Bonchev–Trinajstić information content (AvgIpc) is 3.17. The van der Waals surface area contributed by atoms with Crippen LogP contribution in [0.4, 0.5) is 5.69 Å². The SMILES string of the molecule is c1ccc2c(c1)NCC(c1nc(C3CCOC3)no1)O2. The molecule has 1 N–H and O–H groups in total. The third-order valence-corrected chi connectivity index (χ3v) is 3.66. The largest absolute Gasteiger partial charge is 0.477 e. The van der Waals surface area contributed by atoms with Gasteiger partial charge in [0.1, 0.15) is 5.75 Å². The molecule has 0 aliphatic carbocycles. The molecule has 2 aliphatic rings. The molecule has 104 valence electrons. The van der Waals surface area contributed by atoms with E-state index in [0.717, 1.165) is 30.3 Å². The van der Waals surface area contributed by atoms with Gasteiger partial charge in [0.15, 0.2) is 11.9 Å². The number of nitrogens with one attached hydrogen (secondary N) is 1. The predicted molar refractivity (Wildman–Crippen MR) is 70.8 cm³/mol. The Morgan fingerprint density at radius 2 is 2.20 bits per heavy atom. The quantitative estimate of drug-likeness (QED) is 0.903. The van der Waals surface area contributed by atoms with Crippen molar-refractivity contribution in [2.75, 3.05) is 25.1 Å². The molecule has 1 aromatic heterocycles. The third kappa shape index (κ3) is 2.02. The van der Waals surface area contributed by atoms with Gasteiger partial charge in [-0.25, -0.2) is 0 Å². The molecule has 0 bridgehead atoms. The molecule has 1 saturated heterocycles. The second-order valence-electron chi connectivity index (χ2n) is 5.03. The zero-order valence-electron chi connectivity index (χ0n) is 10.9. The first-order valence-corrected chi connectivity index (χ1v) is 6.81. The number of hydrogen-bond acceptors (Lipinski definition) is 6. The summed E-state index contributed by atoms with van der Waals surface area (Å²) in [5, 5.41) is 7.37. The highest BCUT2D eigenvalue weighted by Crippen LogP contribution is 2.33. The van der Waals surface area contributed by atoms with Crippen molar-refractivity contribution in [2.45, 2.75) is 18.4 Å². The van der Waals surface area contributed by atoms with Gasteiger partial charge in [0.05, 0.1) is 18.8 Å². The highest BCUT2D eigenvalue weighted by atomic mass is 16.5. The molecule has 1 fully saturated rings. The highest BCUT2D eigenvalue weighted by Gasteiger charge is 2.29. The van der Waals surface area contributed by atoms with Crippen LogP contribution in [0.5, 0.6) is 5.75 Å². The van der Waals surface area contributed by atoms with Crippen LogP contribution in [0, 0.1) is 0 Å². The fourth-order valence-electron chi connectivity index (χ4n) is 2.53. The molecule has 4 rings (SSSR count). The number of hydrogen-bond donors (Lipinski definition) is 1. The number of ether oxygens (including phenoxy) is 2. The molecule has 0 spiro atoms. The van der Waals surface area contributed by atoms with Crippen LogP contribution in [0.1, 0.15) is 30.2 Å². The average molecular weight is 273 g/mol. The predicted octanol–water partition coefficient (Wildman–Crippen LogP) is 2.12. The van der Waals surface area contributed by atoms with Crippen LogP contribution in [-0.4, -0.2) is 29.9 Å². The zero-order valence-corrected chi connectivity index (χ0v) is 10.9. The maximum atomic E-state index is 5.90. The van der Waals surface area contributed by atoms with Gasteiger partial charge < -0.3 is 19.3 Å². The fourth-order valence-corrected chi connectivity index (χ4v) is 2.53. The van der Waals surface area contributed by atoms with Crippen molar-refractivity contribution in [2.24, 2.45) is 0 Å². The molecule has 2 unspecified atom stereocenters. The Kier molecular flexibility index (Phi) is 2.81. The Hall–Kier alpha value is -2.08. The van der Waals surface area contributed by atoms with Crippen molar-refractivity contribution in [1.82, 2.24) is 10.1 Å². The summed E-state index contributed by atoms with van der Waals surface area (Å²) >= 11 is 0. The molecule has 0 radical (unpaired) electrons. The van der Waals surface area contributed by atoms with Gasteiger partial charge in [0.2, 0.25) is 0 Å². The van der Waals surface area contributed by atoms with Gasteiger partial charge in [-0.1, -0.05) is 17.3 Å². The number of benzene rings is 1. The van der Waals surface area contributed by atoms with Gasteiger partial charge in [-0.05, 0) is 18.6 Å². The number of aromatic nitrogens is 2. The minimum atomic E-state index is -0.242. The summed E-state index contributed by atoms with van der Waals surface area (Å²) in [5.74, 6) is 2.30. The lowest BCUT2D eigenvalue weighted by molar-refractivity contribution is 0.162. The van der Waals surface area contributed by atoms with E-state index in [2.05, 4.69) is 15.5 Å². The zero-order chi connectivity index (χ0) is 13.4.